The number of aliphatic hydroxyl groups is 10. The van der Waals surface area contributed by atoms with Gasteiger partial charge in [-0.3, -0.25) is 52.2 Å². The highest BCUT2D eigenvalue weighted by molar-refractivity contribution is 7.47. The number of carbonyl (C=O) groups excluding carboxylic acids is 9. The van der Waals surface area contributed by atoms with Gasteiger partial charge in [-0.2, -0.15) is 0 Å². The van der Waals surface area contributed by atoms with Crippen LogP contribution in [0.3, 0.4) is 0 Å². The summed E-state index contributed by atoms with van der Waals surface area (Å²) in [6.45, 7) is 4.55. The van der Waals surface area contributed by atoms with Crippen molar-refractivity contribution in [3.8, 4) is 0 Å². The highest BCUT2D eigenvalue weighted by Gasteiger charge is 2.48. The molecule has 20 N–H and O–H groups in total. The van der Waals surface area contributed by atoms with Gasteiger partial charge in [0.15, 0.2) is 18.9 Å². The summed E-state index contributed by atoms with van der Waals surface area (Å²) in [6.07, 6.45) is 24.2. The first kappa shape index (κ1) is 120. The van der Waals surface area contributed by atoms with Crippen molar-refractivity contribution in [3.05, 3.63) is 0 Å². The molecule has 3 rings (SSSR count). The Morgan fingerprint density at radius 3 is 0.893 bits per heavy atom. The number of unbranched alkanes of at least 4 members (excludes halogenated alkanes) is 35. The second-order valence-corrected chi connectivity index (χ2v) is 37.2. The van der Waals surface area contributed by atoms with Gasteiger partial charge in [-0.05, 0) is 103 Å². The standard InChI is InChI=1S/C92H172N9O29P/c1-66(106)97-79-85(116)82(113)72(62-103)128-90(79)124-58-44-30-22-14-6-10-18-26-34-51-76(110)94-55-42-38-48-70(88(119)96-57-40-29-21-13-5-9-17-25-33-50-75(109)93-54-41-37-47-69(61-102)65-127-131(121,122)123-4)101-89(120)71(100-78(112)53-36-28-20-12-8-16-24-32-46-60-126-92-81(99-68(3)108)87(118)84(115)74(64-105)130-92)49-39-43-56-95-77(111)52-35-27-19-11-7-15-23-31-45-59-125-91-80(98-67(2)107)86(117)83(114)73(63-104)129-91/h69-74,79-87,90-92,102-105,113-118H,5-65H2,1-4H3,(H,93,109)(H,94,110)(H,95,111)(H,96,119)(H,97,106)(H,98,107)(H,99,108)(H,100,112)(H,101,120)(H,121,122)/t69?,70-,71-,72?,73?,74?,79?,80?,81?,82?,83-,84?,85?,86?,87?,90?,91?,92?/m0/s1. The number of carbonyl (C=O) groups is 9. The van der Waals surface area contributed by atoms with Crippen LogP contribution in [0, 0.1) is 5.92 Å². The number of hydrogen-bond acceptors (Lipinski definition) is 28. The van der Waals surface area contributed by atoms with Gasteiger partial charge >= 0.3 is 7.82 Å². The summed E-state index contributed by atoms with van der Waals surface area (Å²) in [5.41, 5.74) is 0. The normalized spacial score (nSPS) is 23.2. The molecule has 0 spiro atoms. The Balaban J connectivity index is 1.52. The second-order valence-electron chi connectivity index (χ2n) is 35.6. The van der Waals surface area contributed by atoms with Crippen LogP contribution in [0.15, 0.2) is 0 Å². The summed E-state index contributed by atoms with van der Waals surface area (Å²) in [7, 11) is -3.05. The summed E-state index contributed by atoms with van der Waals surface area (Å²) in [6, 6.07) is -4.86. The predicted molar refractivity (Wildman–Crippen MR) is 489 cm³/mol. The quantitative estimate of drug-likeness (QED) is 0.0253. The van der Waals surface area contributed by atoms with E-state index < -0.39 is 155 Å². The fourth-order valence-electron chi connectivity index (χ4n) is 16.3. The van der Waals surface area contributed by atoms with Crippen molar-refractivity contribution >= 4 is 61.0 Å². The first-order valence-electron chi connectivity index (χ1n) is 49.4. The molecule has 3 saturated heterocycles. The van der Waals surface area contributed by atoms with Gasteiger partial charge in [0, 0.05) is 112 Å². The molecule has 0 aromatic rings. The van der Waals surface area contributed by atoms with Crippen molar-refractivity contribution in [1.82, 2.24) is 47.9 Å². The van der Waals surface area contributed by atoms with Crippen LogP contribution in [-0.4, -0.2) is 299 Å². The number of ether oxygens (including phenoxy) is 6. The number of aliphatic hydroxyl groups excluding tert-OH is 10. The summed E-state index contributed by atoms with van der Waals surface area (Å²) in [5, 5.41) is 127. The molecule has 38 nitrogen and oxygen atoms in total. The second kappa shape index (κ2) is 74.8. The van der Waals surface area contributed by atoms with E-state index in [0.717, 1.165) is 225 Å². The maximum Gasteiger partial charge on any atom is 0.471 e. The van der Waals surface area contributed by atoms with Crippen molar-refractivity contribution in [2.24, 2.45) is 5.92 Å². The molecule has 3 fully saturated rings. The minimum absolute atomic E-state index is 0.0106. The first-order valence-corrected chi connectivity index (χ1v) is 50.9. The number of phosphoric ester groups is 1. The van der Waals surface area contributed by atoms with Gasteiger partial charge < -0.3 is 132 Å². The molecule has 0 saturated carbocycles. The van der Waals surface area contributed by atoms with Crippen LogP contribution in [0.4, 0.5) is 0 Å². The Bertz CT molecular complexity index is 3090. The minimum Gasteiger partial charge on any atom is -0.396 e. The van der Waals surface area contributed by atoms with Gasteiger partial charge in [-0.15, -0.1) is 0 Å². The van der Waals surface area contributed by atoms with Crippen LogP contribution in [0.2, 0.25) is 0 Å². The number of nitrogens with one attached hydrogen (secondary N) is 9. The lowest BCUT2D eigenvalue weighted by Crippen LogP contribution is -2.64. The van der Waals surface area contributed by atoms with E-state index in [9.17, 15) is 104 Å². The molecule has 3 aliphatic heterocycles. The maximum atomic E-state index is 14.5. The highest BCUT2D eigenvalue weighted by atomic mass is 31.2. The van der Waals surface area contributed by atoms with Crippen LogP contribution in [0.1, 0.15) is 335 Å². The summed E-state index contributed by atoms with van der Waals surface area (Å²) < 4.78 is 55.3. The SMILES string of the molecule is COP(=O)(O)OCC(CO)CCCCNC(=O)CCCCCCCCCCCNC(=O)[C@H](CCCCNC(=O)CCCCCCCCCCCOC1OC(CO)C(O)C(O)C1NC(C)=O)NC(=O)[C@H](CCCCNC(=O)CCCCCCCCCCCOC1OC(CO)[C@H](O)C(O)C1NC(C)=O)NC(=O)CCCCCCCCCCCOC1OC(CO)C(O)C(O)C1NC(C)=O. The zero-order valence-corrected chi connectivity index (χ0v) is 80.1. The molecule has 0 radical (unpaired) electrons. The van der Waals surface area contributed by atoms with Crippen molar-refractivity contribution in [1.29, 1.82) is 0 Å². The number of hydrogen-bond donors (Lipinski definition) is 20. The molecule has 3 aliphatic rings. The molecule has 0 aromatic carbocycles. The van der Waals surface area contributed by atoms with E-state index in [4.69, 9.17) is 32.9 Å². The van der Waals surface area contributed by atoms with Crippen LogP contribution in [0.5, 0.6) is 0 Å². The van der Waals surface area contributed by atoms with E-state index in [1.807, 2.05) is 0 Å². The molecule has 3 heterocycles. The average Bonchev–Trinajstić information content (AvgIpc) is 0.816. The van der Waals surface area contributed by atoms with Crippen molar-refractivity contribution in [3.63, 3.8) is 0 Å². The smallest absolute Gasteiger partial charge is 0.396 e. The molecular formula is C92H172N9O29P. The topological polar surface area (TPSA) is 575 Å². The zero-order valence-electron chi connectivity index (χ0n) is 79.2. The molecule has 19 atom stereocenters. The molecule has 9 amide bonds. The highest BCUT2D eigenvalue weighted by Crippen LogP contribution is 2.42. The Kier molecular flexibility index (Phi) is 68.5. The molecule has 764 valence electrons. The van der Waals surface area contributed by atoms with Crippen molar-refractivity contribution < 1.29 is 141 Å². The van der Waals surface area contributed by atoms with Crippen molar-refractivity contribution in [2.75, 3.05) is 86.1 Å². The van der Waals surface area contributed by atoms with E-state index in [2.05, 4.69) is 52.4 Å². The summed E-state index contributed by atoms with van der Waals surface area (Å²) >= 11 is 0. The average molecular weight is 1900 g/mol. The van der Waals surface area contributed by atoms with E-state index in [0.29, 0.717) is 116 Å². The zero-order chi connectivity index (χ0) is 96.2. The fourth-order valence-corrected chi connectivity index (χ4v) is 16.8. The lowest BCUT2D eigenvalue weighted by molar-refractivity contribution is -0.270. The molecule has 0 aliphatic carbocycles. The third kappa shape index (κ3) is 55.6. The van der Waals surface area contributed by atoms with Gasteiger partial charge in [0.1, 0.15) is 85.1 Å². The van der Waals surface area contributed by atoms with Crippen LogP contribution < -0.4 is 47.9 Å². The third-order valence-corrected chi connectivity index (χ3v) is 25.2. The van der Waals surface area contributed by atoms with Gasteiger partial charge in [-0.25, -0.2) is 4.57 Å². The van der Waals surface area contributed by atoms with E-state index in [-0.39, 0.29) is 74.5 Å². The monoisotopic (exact) mass is 1900 g/mol. The lowest BCUT2D eigenvalue weighted by Gasteiger charge is -2.42. The minimum atomic E-state index is -4.12. The van der Waals surface area contributed by atoms with Gasteiger partial charge in [0.05, 0.1) is 26.4 Å². The van der Waals surface area contributed by atoms with Gasteiger partial charge in [0.2, 0.25) is 53.2 Å². The number of amides is 9. The molecule has 39 heteroatoms. The van der Waals surface area contributed by atoms with Crippen LogP contribution >= 0.6 is 7.82 Å². The number of phosphoric acid groups is 1. The first-order chi connectivity index (χ1) is 63.1. The van der Waals surface area contributed by atoms with E-state index >= 15 is 0 Å². The molecule has 0 aromatic heterocycles. The molecular weight excluding hydrogens is 1730 g/mol. The Labute approximate surface area is 778 Å². The van der Waals surface area contributed by atoms with Gasteiger partial charge in [-0.1, -0.05) is 186 Å². The maximum absolute atomic E-state index is 14.5. The predicted octanol–water partition coefficient (Wildman–Crippen LogP) is 5.79. The number of rotatable bonds is 81. The summed E-state index contributed by atoms with van der Waals surface area (Å²) in [4.78, 5) is 126. The largest absolute Gasteiger partial charge is 0.471 e. The van der Waals surface area contributed by atoms with E-state index in [1.165, 1.54) is 20.8 Å². The van der Waals surface area contributed by atoms with Crippen LogP contribution in [-0.2, 0) is 85.2 Å². The molecule has 16 unspecified atom stereocenters. The molecule has 0 bridgehead atoms. The Morgan fingerprint density at radius 2 is 0.595 bits per heavy atom. The van der Waals surface area contributed by atoms with E-state index in [1.54, 1.807) is 0 Å². The summed E-state index contributed by atoms with van der Waals surface area (Å²) in [5.74, 6) is -2.84. The fraction of sp³-hybridized carbons (Fsp3) is 0.902. The van der Waals surface area contributed by atoms with Crippen LogP contribution in [0.25, 0.3) is 0 Å². The molecule has 131 heavy (non-hydrogen) atoms. The third-order valence-electron chi connectivity index (χ3n) is 24.2. The Hall–Kier alpha value is -5.30. The Morgan fingerprint density at radius 1 is 0.328 bits per heavy atom. The lowest BCUT2D eigenvalue weighted by atomic mass is 9.97. The van der Waals surface area contributed by atoms with Crippen molar-refractivity contribution in [2.45, 2.75) is 439 Å². The van der Waals surface area contributed by atoms with Gasteiger partial charge in [0.25, 0.3) is 0 Å².